The summed E-state index contributed by atoms with van der Waals surface area (Å²) in [6.07, 6.45) is 0.826. The van der Waals surface area contributed by atoms with Crippen LogP contribution in [0.4, 0.5) is 0 Å². The number of carboxylic acid groups (broad SMARTS) is 1. The molecule has 1 aromatic heterocycles. The molecule has 1 amide bonds. The lowest BCUT2D eigenvalue weighted by Gasteiger charge is -2.24. The quantitative estimate of drug-likeness (QED) is 0.835. The van der Waals surface area contributed by atoms with Gasteiger partial charge in [0.25, 0.3) is 5.91 Å². The Labute approximate surface area is 139 Å². The zero-order valence-electron chi connectivity index (χ0n) is 13.8. The SMILES string of the molecule is CN(CC(=O)O)[C@H]1CN(C(=O)c2cnc(C(C)(C)C)s2)C[C@H]1O. The van der Waals surface area contributed by atoms with Crippen LogP contribution in [0.5, 0.6) is 0 Å². The van der Waals surface area contributed by atoms with Crippen LogP contribution in [0.15, 0.2) is 6.20 Å². The van der Waals surface area contributed by atoms with E-state index < -0.39 is 12.1 Å². The Morgan fingerprint density at radius 1 is 1.43 bits per heavy atom. The minimum absolute atomic E-state index is 0.113. The molecule has 2 N–H and O–H groups in total. The molecule has 1 fully saturated rings. The van der Waals surface area contributed by atoms with Crippen LogP contribution < -0.4 is 0 Å². The van der Waals surface area contributed by atoms with E-state index in [1.54, 1.807) is 23.0 Å². The van der Waals surface area contributed by atoms with E-state index in [9.17, 15) is 14.7 Å². The number of likely N-dealkylation sites (N-methyl/N-ethyl adjacent to an activating group) is 1. The van der Waals surface area contributed by atoms with Gasteiger partial charge in [-0.15, -0.1) is 11.3 Å². The number of rotatable bonds is 4. The number of nitrogens with zero attached hydrogens (tertiary/aromatic N) is 3. The van der Waals surface area contributed by atoms with Crippen molar-refractivity contribution < 1.29 is 19.8 Å². The van der Waals surface area contributed by atoms with E-state index in [4.69, 9.17) is 5.11 Å². The number of β-amino-alcohol motifs (C(OH)–C–C–N with tert-alkyl or cyclic N) is 1. The summed E-state index contributed by atoms with van der Waals surface area (Å²) >= 11 is 1.36. The van der Waals surface area contributed by atoms with Crippen LogP contribution in [0.3, 0.4) is 0 Å². The number of likely N-dealkylation sites (tertiary alicyclic amines) is 1. The first-order valence-electron chi connectivity index (χ1n) is 7.45. The minimum Gasteiger partial charge on any atom is -0.480 e. The third-order valence-electron chi connectivity index (χ3n) is 3.86. The Bertz CT molecular complexity index is 596. The van der Waals surface area contributed by atoms with Gasteiger partial charge in [-0.25, -0.2) is 4.98 Å². The lowest BCUT2D eigenvalue weighted by molar-refractivity contribution is -0.138. The van der Waals surface area contributed by atoms with Crippen molar-refractivity contribution in [3.8, 4) is 0 Å². The summed E-state index contributed by atoms with van der Waals surface area (Å²) in [6, 6.07) is -0.370. The van der Waals surface area contributed by atoms with Crippen LogP contribution in [0.1, 0.15) is 35.5 Å². The summed E-state index contributed by atoms with van der Waals surface area (Å²) < 4.78 is 0. The molecule has 1 aromatic rings. The molecule has 0 aromatic carbocycles. The molecule has 0 spiro atoms. The maximum atomic E-state index is 12.6. The smallest absolute Gasteiger partial charge is 0.317 e. The van der Waals surface area contributed by atoms with Crippen molar-refractivity contribution in [1.82, 2.24) is 14.8 Å². The molecule has 7 nitrogen and oxygen atoms in total. The topological polar surface area (TPSA) is 94.0 Å². The number of carbonyl (C=O) groups excluding carboxylic acids is 1. The van der Waals surface area contributed by atoms with Gasteiger partial charge in [-0.1, -0.05) is 20.8 Å². The predicted molar refractivity (Wildman–Crippen MR) is 86.8 cm³/mol. The lowest BCUT2D eigenvalue weighted by atomic mass is 9.98. The molecule has 0 radical (unpaired) electrons. The molecule has 1 saturated heterocycles. The molecule has 0 bridgehead atoms. The number of aliphatic carboxylic acids is 1. The highest BCUT2D eigenvalue weighted by Gasteiger charge is 2.37. The minimum atomic E-state index is -0.957. The standard InChI is InChI=1S/C15H23N3O4S/c1-15(2,3)14-16-5-11(23-14)13(22)18-6-9(10(19)7-18)17(4)8-12(20)21/h5,9-10,19H,6-8H2,1-4H3,(H,20,21)/t9-,10+/m0/s1. The summed E-state index contributed by atoms with van der Waals surface area (Å²) in [6.45, 7) is 6.46. The second kappa shape index (κ2) is 6.54. The molecular formula is C15H23N3O4S. The van der Waals surface area contributed by atoms with E-state index >= 15 is 0 Å². The molecule has 2 rings (SSSR count). The van der Waals surface area contributed by atoms with Crippen molar-refractivity contribution in [2.75, 3.05) is 26.7 Å². The van der Waals surface area contributed by atoms with Gasteiger partial charge < -0.3 is 15.1 Å². The normalized spacial score (nSPS) is 21.9. The fourth-order valence-corrected chi connectivity index (χ4v) is 3.52. The van der Waals surface area contributed by atoms with Crippen LogP contribution >= 0.6 is 11.3 Å². The summed E-state index contributed by atoms with van der Waals surface area (Å²) in [5.74, 6) is -1.12. The van der Waals surface area contributed by atoms with Gasteiger partial charge in [-0.3, -0.25) is 14.5 Å². The van der Waals surface area contributed by atoms with Gasteiger partial charge >= 0.3 is 5.97 Å². The van der Waals surface area contributed by atoms with Gasteiger partial charge in [0.05, 0.1) is 29.9 Å². The number of aliphatic hydroxyl groups excluding tert-OH is 1. The first-order valence-corrected chi connectivity index (χ1v) is 8.27. The first kappa shape index (κ1) is 17.8. The van der Waals surface area contributed by atoms with Gasteiger partial charge in [-0.2, -0.15) is 0 Å². The number of hydrogen-bond acceptors (Lipinski definition) is 6. The number of thiazole rings is 1. The molecule has 0 unspecified atom stereocenters. The molecule has 1 aliphatic heterocycles. The van der Waals surface area contributed by atoms with E-state index in [1.807, 2.05) is 20.8 Å². The number of aromatic nitrogens is 1. The van der Waals surface area contributed by atoms with E-state index in [1.165, 1.54) is 11.3 Å². The van der Waals surface area contributed by atoms with Gasteiger partial charge in [0.1, 0.15) is 4.88 Å². The number of carboxylic acids is 1. The molecule has 2 heterocycles. The Hall–Kier alpha value is -1.51. The van der Waals surface area contributed by atoms with Crippen LogP contribution in [0.2, 0.25) is 0 Å². The molecular weight excluding hydrogens is 318 g/mol. The highest BCUT2D eigenvalue weighted by molar-refractivity contribution is 7.13. The summed E-state index contributed by atoms with van der Waals surface area (Å²) in [7, 11) is 1.64. The number of aliphatic hydroxyl groups is 1. The fraction of sp³-hybridized carbons (Fsp3) is 0.667. The van der Waals surface area contributed by atoms with Crippen molar-refractivity contribution in [3.63, 3.8) is 0 Å². The average molecular weight is 341 g/mol. The maximum absolute atomic E-state index is 12.6. The zero-order chi connectivity index (χ0) is 17.4. The van der Waals surface area contributed by atoms with E-state index in [0.717, 1.165) is 5.01 Å². The number of carbonyl (C=O) groups is 2. The van der Waals surface area contributed by atoms with E-state index in [0.29, 0.717) is 11.4 Å². The second-order valence-electron chi connectivity index (χ2n) is 6.93. The Kier molecular flexibility index (Phi) is 5.07. The number of amides is 1. The zero-order valence-corrected chi connectivity index (χ0v) is 14.6. The second-order valence-corrected chi connectivity index (χ2v) is 7.96. The third-order valence-corrected chi connectivity index (χ3v) is 5.27. The van der Waals surface area contributed by atoms with Crippen molar-refractivity contribution in [2.24, 2.45) is 0 Å². The van der Waals surface area contributed by atoms with Gasteiger partial charge in [0, 0.05) is 18.5 Å². The Morgan fingerprint density at radius 3 is 2.61 bits per heavy atom. The average Bonchev–Trinajstić information content (AvgIpc) is 3.02. The van der Waals surface area contributed by atoms with Gasteiger partial charge in [0.2, 0.25) is 0 Å². The summed E-state index contributed by atoms with van der Waals surface area (Å²) in [5.41, 5.74) is -0.113. The summed E-state index contributed by atoms with van der Waals surface area (Å²) in [4.78, 5) is 31.4. The highest BCUT2D eigenvalue weighted by Crippen LogP contribution is 2.28. The molecule has 128 valence electrons. The highest BCUT2D eigenvalue weighted by atomic mass is 32.1. The molecule has 1 aliphatic rings. The fourth-order valence-electron chi connectivity index (χ4n) is 2.57. The van der Waals surface area contributed by atoms with Crippen molar-refractivity contribution in [3.05, 3.63) is 16.1 Å². The first-order chi connectivity index (χ1) is 10.6. The number of hydrogen-bond donors (Lipinski definition) is 2. The van der Waals surface area contributed by atoms with Crippen LogP contribution in [0.25, 0.3) is 0 Å². The van der Waals surface area contributed by atoms with E-state index in [-0.39, 0.29) is 30.5 Å². The van der Waals surface area contributed by atoms with Crippen molar-refractivity contribution in [2.45, 2.75) is 38.3 Å². The summed E-state index contributed by atoms with van der Waals surface area (Å²) in [5, 5.41) is 19.9. The Morgan fingerprint density at radius 2 is 2.09 bits per heavy atom. The maximum Gasteiger partial charge on any atom is 0.317 e. The molecule has 0 saturated carbocycles. The Balaban J connectivity index is 2.07. The third kappa shape index (κ3) is 4.07. The van der Waals surface area contributed by atoms with Crippen molar-refractivity contribution in [1.29, 1.82) is 0 Å². The lowest BCUT2D eigenvalue weighted by Crippen LogP contribution is -2.43. The predicted octanol–water partition coefficient (Wildman–Crippen LogP) is 0.642. The van der Waals surface area contributed by atoms with Gasteiger partial charge in [-0.05, 0) is 7.05 Å². The van der Waals surface area contributed by atoms with Crippen molar-refractivity contribution >= 4 is 23.2 Å². The van der Waals surface area contributed by atoms with Crippen LogP contribution in [-0.4, -0.2) is 75.7 Å². The van der Waals surface area contributed by atoms with Crippen LogP contribution in [-0.2, 0) is 10.2 Å². The largest absolute Gasteiger partial charge is 0.480 e. The molecule has 0 aliphatic carbocycles. The van der Waals surface area contributed by atoms with Gasteiger partial charge in [0.15, 0.2) is 0 Å². The van der Waals surface area contributed by atoms with E-state index in [2.05, 4.69) is 4.98 Å². The molecule has 2 atom stereocenters. The van der Waals surface area contributed by atoms with Crippen LogP contribution in [0, 0.1) is 0 Å². The molecule has 8 heteroatoms. The monoisotopic (exact) mass is 341 g/mol. The molecule has 23 heavy (non-hydrogen) atoms.